The lowest BCUT2D eigenvalue weighted by molar-refractivity contribution is 0.682. The molecule has 0 radical (unpaired) electrons. The minimum absolute atomic E-state index is 0.410. The van der Waals surface area contributed by atoms with Gasteiger partial charge in [-0.05, 0) is 36.8 Å². The van der Waals surface area contributed by atoms with E-state index in [0.29, 0.717) is 16.3 Å². The summed E-state index contributed by atoms with van der Waals surface area (Å²) in [4.78, 5) is 5.21. The van der Waals surface area contributed by atoms with E-state index in [4.69, 9.17) is 5.73 Å². The van der Waals surface area contributed by atoms with Crippen molar-refractivity contribution in [1.29, 1.82) is 0 Å². The molecule has 0 bridgehead atoms. The Bertz CT molecular complexity index is 762. The summed E-state index contributed by atoms with van der Waals surface area (Å²) in [6, 6.07) is 13.6. The van der Waals surface area contributed by atoms with Crippen LogP contribution in [0.1, 0.15) is 10.6 Å². The van der Waals surface area contributed by atoms with Crippen LogP contribution >= 0.6 is 11.3 Å². The van der Waals surface area contributed by atoms with Crippen LogP contribution in [0, 0.1) is 6.92 Å². The summed E-state index contributed by atoms with van der Waals surface area (Å²) in [5.74, 6) is 0.410. The fraction of sp³-hybridized carbons (Fsp3) is 0.133. The standard InChI is InChI=1S/C15H14N2OS2/c1-10-6-7-11(16)14(8-10)20(18)9-15-17-12-4-2-3-5-13(12)19-15/h2-8H,9,16H2,1H3. The minimum atomic E-state index is -1.16. The van der Waals surface area contributed by atoms with Crippen LogP contribution in [0.5, 0.6) is 0 Å². The molecule has 3 rings (SSSR count). The maximum absolute atomic E-state index is 12.5. The Morgan fingerprint density at radius 1 is 1.25 bits per heavy atom. The fourth-order valence-corrected chi connectivity index (χ4v) is 4.42. The van der Waals surface area contributed by atoms with E-state index in [0.717, 1.165) is 20.8 Å². The molecule has 0 saturated carbocycles. The van der Waals surface area contributed by atoms with Crippen molar-refractivity contribution in [3.8, 4) is 0 Å². The zero-order chi connectivity index (χ0) is 14.1. The molecule has 0 aliphatic heterocycles. The number of hydrogen-bond donors (Lipinski definition) is 1. The summed E-state index contributed by atoms with van der Waals surface area (Å²) in [7, 11) is -1.16. The molecule has 1 heterocycles. The third-order valence-electron chi connectivity index (χ3n) is 3.01. The Kier molecular flexibility index (Phi) is 3.54. The molecule has 0 spiro atoms. The van der Waals surface area contributed by atoms with Gasteiger partial charge in [0.05, 0.1) is 31.7 Å². The predicted molar refractivity (Wildman–Crippen MR) is 85.3 cm³/mol. The minimum Gasteiger partial charge on any atom is -0.398 e. The summed E-state index contributed by atoms with van der Waals surface area (Å²) < 4.78 is 13.6. The van der Waals surface area contributed by atoms with Gasteiger partial charge in [0.25, 0.3) is 0 Å². The lowest BCUT2D eigenvalue weighted by Gasteiger charge is -2.05. The van der Waals surface area contributed by atoms with Crippen molar-refractivity contribution < 1.29 is 4.21 Å². The van der Waals surface area contributed by atoms with Gasteiger partial charge >= 0.3 is 0 Å². The van der Waals surface area contributed by atoms with Gasteiger partial charge in [0.2, 0.25) is 0 Å². The van der Waals surface area contributed by atoms with Crippen LogP contribution in [0.2, 0.25) is 0 Å². The molecular weight excluding hydrogens is 288 g/mol. The van der Waals surface area contributed by atoms with Crippen molar-refractivity contribution in [2.75, 3.05) is 5.73 Å². The predicted octanol–water partition coefficient (Wildman–Crippen LogP) is 3.49. The average molecular weight is 302 g/mol. The first-order valence-corrected chi connectivity index (χ1v) is 8.36. The number of thiazole rings is 1. The zero-order valence-corrected chi connectivity index (χ0v) is 12.6. The molecule has 0 saturated heterocycles. The van der Waals surface area contributed by atoms with E-state index in [1.807, 2.05) is 43.3 Å². The van der Waals surface area contributed by atoms with Gasteiger partial charge in [0.1, 0.15) is 5.01 Å². The lowest BCUT2D eigenvalue weighted by atomic mass is 10.2. The van der Waals surface area contributed by atoms with E-state index in [2.05, 4.69) is 4.98 Å². The molecule has 2 N–H and O–H groups in total. The highest BCUT2D eigenvalue weighted by Gasteiger charge is 2.12. The molecule has 0 fully saturated rings. The maximum Gasteiger partial charge on any atom is 0.107 e. The van der Waals surface area contributed by atoms with Gasteiger partial charge < -0.3 is 5.73 Å². The second-order valence-corrected chi connectivity index (χ2v) is 7.14. The zero-order valence-electron chi connectivity index (χ0n) is 11.0. The summed E-state index contributed by atoms with van der Waals surface area (Å²) in [5, 5.41) is 0.880. The van der Waals surface area contributed by atoms with Crippen LogP contribution in [-0.4, -0.2) is 9.19 Å². The van der Waals surface area contributed by atoms with Gasteiger partial charge in [-0.15, -0.1) is 11.3 Å². The molecule has 0 aliphatic carbocycles. The second-order valence-electron chi connectivity index (χ2n) is 4.61. The number of nitrogens with two attached hydrogens (primary N) is 1. The molecule has 0 amide bonds. The van der Waals surface area contributed by atoms with E-state index < -0.39 is 10.8 Å². The average Bonchev–Trinajstić information content (AvgIpc) is 2.83. The molecule has 1 aromatic heterocycles. The van der Waals surface area contributed by atoms with Crippen molar-refractivity contribution in [1.82, 2.24) is 4.98 Å². The number of fused-ring (bicyclic) bond motifs is 1. The van der Waals surface area contributed by atoms with Crippen LogP contribution < -0.4 is 5.73 Å². The quantitative estimate of drug-likeness (QED) is 0.753. The van der Waals surface area contributed by atoms with E-state index in [1.54, 1.807) is 17.4 Å². The van der Waals surface area contributed by atoms with Crippen LogP contribution in [0.25, 0.3) is 10.2 Å². The number of aryl methyl sites for hydroxylation is 1. The molecule has 3 nitrogen and oxygen atoms in total. The van der Waals surface area contributed by atoms with Crippen LogP contribution in [0.15, 0.2) is 47.4 Å². The Morgan fingerprint density at radius 3 is 2.85 bits per heavy atom. The van der Waals surface area contributed by atoms with Gasteiger partial charge in [-0.1, -0.05) is 18.2 Å². The first-order valence-electron chi connectivity index (χ1n) is 6.22. The van der Waals surface area contributed by atoms with Gasteiger partial charge in [0.15, 0.2) is 0 Å². The first-order chi connectivity index (χ1) is 9.63. The Labute approximate surface area is 123 Å². The highest BCUT2D eigenvalue weighted by atomic mass is 32.2. The normalized spacial score (nSPS) is 12.7. The number of nitrogens with zero attached hydrogens (tertiary/aromatic N) is 1. The summed E-state index contributed by atoms with van der Waals surface area (Å²) in [5.41, 5.74) is 8.51. The fourth-order valence-electron chi connectivity index (χ4n) is 2.01. The third kappa shape index (κ3) is 2.59. The number of rotatable bonds is 3. The number of benzene rings is 2. The number of nitrogen functional groups attached to an aromatic ring is 1. The van der Waals surface area contributed by atoms with E-state index in [1.165, 1.54) is 0 Å². The Hall–Kier alpha value is -1.72. The van der Waals surface area contributed by atoms with E-state index in [9.17, 15) is 4.21 Å². The molecule has 1 atom stereocenters. The molecule has 20 heavy (non-hydrogen) atoms. The first kappa shape index (κ1) is 13.3. The summed E-state index contributed by atoms with van der Waals surface area (Å²) >= 11 is 1.59. The largest absolute Gasteiger partial charge is 0.398 e. The summed E-state index contributed by atoms with van der Waals surface area (Å²) in [6.45, 7) is 1.97. The maximum atomic E-state index is 12.5. The lowest BCUT2D eigenvalue weighted by Crippen LogP contribution is -2.01. The molecule has 1 unspecified atom stereocenters. The second kappa shape index (κ2) is 5.34. The Balaban J connectivity index is 1.90. The van der Waals surface area contributed by atoms with E-state index in [-0.39, 0.29) is 0 Å². The molecule has 102 valence electrons. The van der Waals surface area contributed by atoms with Crippen LogP contribution in [0.3, 0.4) is 0 Å². The van der Waals surface area contributed by atoms with Crippen molar-refractivity contribution in [3.63, 3.8) is 0 Å². The van der Waals surface area contributed by atoms with Crippen molar-refractivity contribution in [2.24, 2.45) is 0 Å². The molecule has 2 aromatic carbocycles. The topological polar surface area (TPSA) is 56.0 Å². The molecule has 3 aromatic rings. The van der Waals surface area contributed by atoms with Crippen molar-refractivity contribution >= 4 is 38.0 Å². The van der Waals surface area contributed by atoms with Crippen molar-refractivity contribution in [3.05, 3.63) is 53.0 Å². The third-order valence-corrected chi connectivity index (χ3v) is 5.61. The molecule has 0 aliphatic rings. The van der Waals surface area contributed by atoms with Gasteiger partial charge in [-0.3, -0.25) is 4.21 Å². The van der Waals surface area contributed by atoms with Crippen LogP contribution in [0.4, 0.5) is 5.69 Å². The van der Waals surface area contributed by atoms with Gasteiger partial charge in [-0.25, -0.2) is 4.98 Å². The van der Waals surface area contributed by atoms with Gasteiger partial charge in [-0.2, -0.15) is 0 Å². The summed E-state index contributed by atoms with van der Waals surface area (Å²) in [6.07, 6.45) is 0. The Morgan fingerprint density at radius 2 is 2.05 bits per heavy atom. The number of para-hydroxylation sites is 1. The highest BCUT2D eigenvalue weighted by molar-refractivity contribution is 7.84. The van der Waals surface area contributed by atoms with Crippen molar-refractivity contribution in [2.45, 2.75) is 17.6 Å². The number of aromatic nitrogens is 1. The van der Waals surface area contributed by atoms with Crippen LogP contribution in [-0.2, 0) is 16.6 Å². The molecule has 5 heteroatoms. The smallest absolute Gasteiger partial charge is 0.107 e. The highest BCUT2D eigenvalue weighted by Crippen LogP contribution is 2.25. The monoisotopic (exact) mass is 302 g/mol. The molecular formula is C15H14N2OS2. The number of anilines is 1. The number of hydrogen-bond acceptors (Lipinski definition) is 4. The van der Waals surface area contributed by atoms with E-state index >= 15 is 0 Å². The SMILES string of the molecule is Cc1ccc(N)c(S(=O)Cc2nc3ccccc3s2)c1. The van der Waals surface area contributed by atoms with Gasteiger partial charge in [0, 0.05) is 5.69 Å².